The van der Waals surface area contributed by atoms with Gasteiger partial charge < -0.3 is 9.64 Å². The van der Waals surface area contributed by atoms with Crippen molar-refractivity contribution in [1.82, 2.24) is 0 Å². The molecule has 0 N–H and O–H groups in total. The lowest BCUT2D eigenvalue weighted by Gasteiger charge is -2.22. The van der Waals surface area contributed by atoms with Crippen molar-refractivity contribution in [3.05, 3.63) is 95.3 Å². The smallest absolute Gasteiger partial charge is 0.237 e. The number of anilines is 2. The van der Waals surface area contributed by atoms with Gasteiger partial charge in [0.25, 0.3) is 0 Å². The first-order valence-electron chi connectivity index (χ1n) is 12.4. The predicted octanol–water partition coefficient (Wildman–Crippen LogP) is 5.90. The minimum atomic E-state index is -1.31. The van der Waals surface area contributed by atoms with E-state index in [1.807, 2.05) is 54.6 Å². The first-order chi connectivity index (χ1) is 17.3. The molecule has 2 heterocycles. The molecule has 0 radical (unpaired) electrons. The summed E-state index contributed by atoms with van der Waals surface area (Å²) in [6, 6.07) is 23.1. The van der Waals surface area contributed by atoms with E-state index in [2.05, 4.69) is 19.6 Å². The molecule has 7 heteroatoms. The van der Waals surface area contributed by atoms with Crippen LogP contribution in [0.25, 0.3) is 0 Å². The second-order valence-electron chi connectivity index (χ2n) is 10.7. The van der Waals surface area contributed by atoms with E-state index in [4.69, 9.17) is 4.74 Å². The summed E-state index contributed by atoms with van der Waals surface area (Å²) < 4.78 is 21.0. The van der Waals surface area contributed by atoms with Gasteiger partial charge in [-0.05, 0) is 34.9 Å². The van der Waals surface area contributed by atoms with Gasteiger partial charge in [0.2, 0.25) is 11.8 Å². The van der Waals surface area contributed by atoms with Crippen molar-refractivity contribution in [3.63, 3.8) is 0 Å². The van der Waals surface area contributed by atoms with E-state index in [9.17, 15) is 9.59 Å². The number of ether oxygens (including phenoxy) is 1. The number of para-hydroxylation sites is 2. The minimum Gasteiger partial charge on any atom is -0.361 e. The maximum absolute atomic E-state index is 15.1. The summed E-state index contributed by atoms with van der Waals surface area (Å²) in [6.07, 6.45) is 0. The Bertz CT molecular complexity index is 1290. The highest BCUT2D eigenvalue weighted by Gasteiger charge is 2.51. The van der Waals surface area contributed by atoms with Crippen LogP contribution in [-0.4, -0.2) is 33.2 Å². The average molecular weight is 503 g/mol. The largest absolute Gasteiger partial charge is 0.361 e. The van der Waals surface area contributed by atoms with Crippen LogP contribution in [0, 0.1) is 5.82 Å². The highest BCUT2D eigenvalue weighted by molar-refractivity contribution is 6.76. The SMILES string of the molecule is C[Si](C)(C)CCOCN1C(=O)[C@@H]([C@H]2C(=O)N(Cc3ccccc3)c3ccccc32)c2cccc(F)c21. The molecule has 5 nitrogen and oxygen atoms in total. The Labute approximate surface area is 212 Å². The Morgan fingerprint density at radius 3 is 2.19 bits per heavy atom. The van der Waals surface area contributed by atoms with Gasteiger partial charge in [-0.3, -0.25) is 14.5 Å². The maximum atomic E-state index is 15.1. The number of hydrogen-bond acceptors (Lipinski definition) is 3. The highest BCUT2D eigenvalue weighted by Crippen LogP contribution is 2.51. The van der Waals surface area contributed by atoms with Crippen molar-refractivity contribution in [3.8, 4) is 0 Å². The van der Waals surface area contributed by atoms with E-state index < -0.39 is 25.7 Å². The molecule has 0 bridgehead atoms. The summed E-state index contributed by atoms with van der Waals surface area (Å²) in [6.45, 7) is 7.67. The summed E-state index contributed by atoms with van der Waals surface area (Å²) in [7, 11) is -1.31. The molecule has 5 rings (SSSR count). The van der Waals surface area contributed by atoms with Crippen LogP contribution in [-0.2, 0) is 20.9 Å². The summed E-state index contributed by atoms with van der Waals surface area (Å²) in [4.78, 5) is 30.9. The van der Waals surface area contributed by atoms with Gasteiger partial charge in [0.15, 0.2) is 0 Å². The molecular formula is C29H31FN2O3Si. The van der Waals surface area contributed by atoms with E-state index >= 15 is 4.39 Å². The molecule has 0 saturated heterocycles. The van der Waals surface area contributed by atoms with Crippen molar-refractivity contribution >= 4 is 31.3 Å². The third kappa shape index (κ3) is 4.49. The minimum absolute atomic E-state index is 0.0238. The van der Waals surface area contributed by atoms with Gasteiger partial charge in [-0.25, -0.2) is 4.39 Å². The van der Waals surface area contributed by atoms with Gasteiger partial charge >= 0.3 is 0 Å². The number of amides is 2. The normalized spacial score (nSPS) is 19.1. The van der Waals surface area contributed by atoms with Gasteiger partial charge in [-0.2, -0.15) is 0 Å². The van der Waals surface area contributed by atoms with Crippen LogP contribution in [0.5, 0.6) is 0 Å². The molecule has 2 aliphatic heterocycles. The van der Waals surface area contributed by atoms with E-state index in [0.29, 0.717) is 18.7 Å². The fourth-order valence-corrected chi connectivity index (χ4v) is 5.89. The Hall–Kier alpha value is -3.29. The monoisotopic (exact) mass is 502 g/mol. The molecule has 3 aromatic carbocycles. The van der Waals surface area contributed by atoms with Gasteiger partial charge in [-0.15, -0.1) is 0 Å². The summed E-state index contributed by atoms with van der Waals surface area (Å²) in [5, 5.41) is 0. The number of rotatable bonds is 8. The Balaban J connectivity index is 1.48. The number of hydrogen-bond donors (Lipinski definition) is 0. The number of carbonyl (C=O) groups excluding carboxylic acids is 2. The average Bonchev–Trinajstić information content (AvgIpc) is 3.28. The Morgan fingerprint density at radius 1 is 0.806 bits per heavy atom. The molecule has 2 amide bonds. The van der Waals surface area contributed by atoms with Crippen LogP contribution >= 0.6 is 0 Å². The summed E-state index contributed by atoms with van der Waals surface area (Å²) in [5.74, 6) is -2.43. The van der Waals surface area contributed by atoms with Crippen molar-refractivity contribution in [2.24, 2.45) is 0 Å². The molecule has 0 saturated carbocycles. The number of fused-ring (bicyclic) bond motifs is 2. The van der Waals surface area contributed by atoms with Gasteiger partial charge in [0, 0.05) is 20.4 Å². The molecule has 0 aliphatic carbocycles. The first kappa shape index (κ1) is 24.4. The van der Waals surface area contributed by atoms with E-state index in [-0.39, 0.29) is 24.2 Å². The molecule has 0 aromatic heterocycles. The summed E-state index contributed by atoms with van der Waals surface area (Å²) >= 11 is 0. The molecule has 186 valence electrons. The van der Waals surface area contributed by atoms with Crippen LogP contribution < -0.4 is 9.80 Å². The zero-order valence-electron chi connectivity index (χ0n) is 20.9. The number of benzene rings is 3. The van der Waals surface area contributed by atoms with Crippen molar-refractivity contribution in [2.75, 3.05) is 23.1 Å². The number of carbonyl (C=O) groups is 2. The van der Waals surface area contributed by atoms with E-state index in [1.165, 1.54) is 11.0 Å². The Morgan fingerprint density at radius 2 is 1.44 bits per heavy atom. The van der Waals surface area contributed by atoms with Crippen molar-refractivity contribution in [2.45, 2.75) is 44.1 Å². The molecule has 2 atom stereocenters. The quantitative estimate of drug-likeness (QED) is 0.285. The lowest BCUT2D eigenvalue weighted by molar-refractivity contribution is -0.126. The topological polar surface area (TPSA) is 49.9 Å². The van der Waals surface area contributed by atoms with E-state index in [1.54, 1.807) is 17.0 Å². The number of nitrogens with zero attached hydrogens (tertiary/aromatic N) is 2. The molecule has 36 heavy (non-hydrogen) atoms. The van der Waals surface area contributed by atoms with Crippen molar-refractivity contribution in [1.29, 1.82) is 0 Å². The lowest BCUT2D eigenvalue weighted by atomic mass is 9.83. The molecular weight excluding hydrogens is 471 g/mol. The first-order valence-corrected chi connectivity index (χ1v) is 16.1. The maximum Gasteiger partial charge on any atom is 0.237 e. The van der Waals surface area contributed by atoms with E-state index in [0.717, 1.165) is 22.9 Å². The second kappa shape index (κ2) is 9.63. The standard InChI is InChI=1S/C29H31FN2O3Si/c1-36(2,3)17-16-35-19-32-27-22(13-9-14-23(27)30)26(29(32)34)25-21-12-7-8-15-24(21)31(28(25)33)18-20-10-5-4-6-11-20/h4-15,25-26H,16-19H2,1-3H3/t25-,26+/m0/s1. The molecule has 0 spiro atoms. The summed E-state index contributed by atoms with van der Waals surface area (Å²) in [5.41, 5.74) is 3.37. The predicted molar refractivity (Wildman–Crippen MR) is 142 cm³/mol. The third-order valence-corrected chi connectivity index (χ3v) is 8.69. The second-order valence-corrected chi connectivity index (χ2v) is 16.3. The highest BCUT2D eigenvalue weighted by atomic mass is 28.3. The van der Waals surface area contributed by atoms with Gasteiger partial charge in [0.1, 0.15) is 12.5 Å². The molecule has 0 fully saturated rings. The zero-order valence-corrected chi connectivity index (χ0v) is 21.9. The van der Waals surface area contributed by atoms with Crippen LogP contribution in [0.15, 0.2) is 72.8 Å². The van der Waals surface area contributed by atoms with Crippen molar-refractivity contribution < 1.29 is 18.7 Å². The fourth-order valence-electron chi connectivity index (χ4n) is 5.13. The van der Waals surface area contributed by atoms with Crippen LogP contribution in [0.2, 0.25) is 25.7 Å². The van der Waals surface area contributed by atoms with Gasteiger partial charge in [-0.1, -0.05) is 80.3 Å². The fraction of sp³-hybridized carbons (Fsp3) is 0.310. The van der Waals surface area contributed by atoms with Gasteiger partial charge in [0.05, 0.1) is 24.1 Å². The van der Waals surface area contributed by atoms with Crippen LogP contribution in [0.3, 0.4) is 0 Å². The molecule has 2 aliphatic rings. The molecule has 0 unspecified atom stereocenters. The number of halogens is 1. The lowest BCUT2D eigenvalue weighted by Crippen LogP contribution is -2.37. The van der Waals surface area contributed by atoms with Crippen LogP contribution in [0.4, 0.5) is 15.8 Å². The third-order valence-electron chi connectivity index (χ3n) is 6.98. The molecule has 3 aromatic rings. The zero-order chi connectivity index (χ0) is 25.4. The van der Waals surface area contributed by atoms with Crippen LogP contribution in [0.1, 0.15) is 28.5 Å². The Kier molecular flexibility index (Phi) is 6.53.